The largest absolute Gasteiger partial charge is 0.486 e. The molecule has 4 rings (SSSR count). The zero-order chi connectivity index (χ0) is 17.4. The summed E-state index contributed by atoms with van der Waals surface area (Å²) in [6.07, 6.45) is 1.56. The summed E-state index contributed by atoms with van der Waals surface area (Å²) in [6, 6.07) is 10.8. The van der Waals surface area contributed by atoms with Crippen LogP contribution in [0.2, 0.25) is 0 Å². The molecule has 1 aliphatic rings. The molecule has 126 valence electrons. The van der Waals surface area contributed by atoms with Crippen LogP contribution in [-0.2, 0) is 0 Å². The highest BCUT2D eigenvalue weighted by atomic mass is 16.6. The van der Waals surface area contributed by atoms with Gasteiger partial charge in [-0.25, -0.2) is 4.98 Å². The van der Waals surface area contributed by atoms with Crippen molar-refractivity contribution in [3.05, 3.63) is 58.3 Å². The number of fused-ring (bicyclic) bond motifs is 2. The van der Waals surface area contributed by atoms with Gasteiger partial charge in [0.1, 0.15) is 19.0 Å². The van der Waals surface area contributed by atoms with Crippen LogP contribution < -0.4 is 14.8 Å². The monoisotopic (exact) mass is 337 g/mol. The van der Waals surface area contributed by atoms with Gasteiger partial charge in [-0.3, -0.25) is 10.1 Å². The highest BCUT2D eigenvalue weighted by Gasteiger charge is 2.18. The molecule has 0 aliphatic carbocycles. The van der Waals surface area contributed by atoms with Crippen LogP contribution in [0.4, 0.5) is 17.2 Å². The minimum atomic E-state index is -0.356. The Bertz CT molecular complexity index is 987. The lowest BCUT2D eigenvalue weighted by Crippen LogP contribution is -2.15. The van der Waals surface area contributed by atoms with Crippen LogP contribution in [-0.4, -0.2) is 23.1 Å². The number of hydrogen-bond acceptors (Lipinski definition) is 6. The van der Waals surface area contributed by atoms with Crippen molar-refractivity contribution in [3.8, 4) is 11.5 Å². The summed E-state index contributed by atoms with van der Waals surface area (Å²) < 4.78 is 11.1. The summed E-state index contributed by atoms with van der Waals surface area (Å²) in [4.78, 5) is 15.4. The fraction of sp³-hybridized carbons (Fsp3) is 0.167. The third-order valence-corrected chi connectivity index (χ3v) is 4.11. The average molecular weight is 337 g/mol. The number of nitro benzene ring substituents is 1. The van der Waals surface area contributed by atoms with Crippen molar-refractivity contribution >= 4 is 28.0 Å². The van der Waals surface area contributed by atoms with E-state index < -0.39 is 0 Å². The first-order valence-electron chi connectivity index (χ1n) is 7.83. The van der Waals surface area contributed by atoms with Crippen molar-refractivity contribution in [2.24, 2.45) is 0 Å². The predicted molar refractivity (Wildman–Crippen MR) is 93.8 cm³/mol. The van der Waals surface area contributed by atoms with Gasteiger partial charge in [-0.2, -0.15) is 0 Å². The number of benzene rings is 2. The fourth-order valence-electron chi connectivity index (χ4n) is 2.95. The van der Waals surface area contributed by atoms with Crippen LogP contribution in [0, 0.1) is 17.0 Å². The van der Waals surface area contributed by atoms with Gasteiger partial charge < -0.3 is 14.8 Å². The Morgan fingerprint density at radius 1 is 1.08 bits per heavy atom. The van der Waals surface area contributed by atoms with E-state index in [0.29, 0.717) is 46.9 Å². The molecule has 1 aromatic heterocycles. The van der Waals surface area contributed by atoms with E-state index in [4.69, 9.17) is 9.47 Å². The second-order valence-corrected chi connectivity index (χ2v) is 5.73. The number of rotatable bonds is 3. The number of pyridine rings is 1. The topological polar surface area (TPSA) is 86.5 Å². The SMILES string of the molecule is Cc1ccc2c(Nc3ccc4c(c3)OCCO4)nccc2c1[N+](=O)[O-]. The lowest BCUT2D eigenvalue weighted by Gasteiger charge is -2.19. The van der Waals surface area contributed by atoms with E-state index in [1.165, 1.54) is 0 Å². The van der Waals surface area contributed by atoms with Crippen molar-refractivity contribution in [3.63, 3.8) is 0 Å². The molecule has 2 heterocycles. The lowest BCUT2D eigenvalue weighted by atomic mass is 10.1. The van der Waals surface area contributed by atoms with Crippen molar-refractivity contribution in [2.45, 2.75) is 6.92 Å². The Morgan fingerprint density at radius 2 is 1.88 bits per heavy atom. The maximum Gasteiger partial charge on any atom is 0.280 e. The average Bonchev–Trinajstić information content (AvgIpc) is 2.61. The van der Waals surface area contributed by atoms with Crippen LogP contribution >= 0.6 is 0 Å². The van der Waals surface area contributed by atoms with Crippen LogP contribution in [0.1, 0.15) is 5.56 Å². The number of aromatic nitrogens is 1. The Kier molecular flexibility index (Phi) is 3.61. The van der Waals surface area contributed by atoms with Gasteiger partial charge in [-0.15, -0.1) is 0 Å². The third kappa shape index (κ3) is 2.69. The molecular weight excluding hydrogens is 322 g/mol. The molecule has 0 amide bonds. The summed E-state index contributed by atoms with van der Waals surface area (Å²) in [6.45, 7) is 2.77. The highest BCUT2D eigenvalue weighted by Crippen LogP contribution is 2.36. The number of nitrogens with one attached hydrogen (secondary N) is 1. The number of anilines is 2. The molecule has 0 spiro atoms. The molecule has 1 N–H and O–H groups in total. The van der Waals surface area contributed by atoms with E-state index in [1.54, 1.807) is 25.3 Å². The van der Waals surface area contributed by atoms with Gasteiger partial charge in [0.25, 0.3) is 5.69 Å². The van der Waals surface area contributed by atoms with Gasteiger partial charge in [0, 0.05) is 28.9 Å². The van der Waals surface area contributed by atoms with E-state index >= 15 is 0 Å². The Labute approximate surface area is 143 Å². The fourth-order valence-corrected chi connectivity index (χ4v) is 2.95. The number of hydrogen-bond donors (Lipinski definition) is 1. The third-order valence-electron chi connectivity index (χ3n) is 4.11. The zero-order valence-electron chi connectivity index (χ0n) is 13.5. The number of nitro groups is 1. The molecule has 0 bridgehead atoms. The van der Waals surface area contributed by atoms with Crippen LogP contribution in [0.15, 0.2) is 42.6 Å². The molecule has 0 radical (unpaired) electrons. The highest BCUT2D eigenvalue weighted by molar-refractivity contribution is 5.99. The molecule has 7 nitrogen and oxygen atoms in total. The maximum absolute atomic E-state index is 11.4. The van der Waals surface area contributed by atoms with Gasteiger partial charge in [0.05, 0.1) is 10.3 Å². The first-order valence-corrected chi connectivity index (χ1v) is 7.83. The molecule has 0 atom stereocenters. The summed E-state index contributed by atoms with van der Waals surface area (Å²) in [5.41, 5.74) is 1.49. The molecule has 1 aliphatic heterocycles. The Balaban J connectivity index is 1.77. The van der Waals surface area contributed by atoms with Gasteiger partial charge >= 0.3 is 0 Å². The first-order chi connectivity index (χ1) is 12.1. The van der Waals surface area contributed by atoms with Gasteiger partial charge in [-0.05, 0) is 31.2 Å². The van der Waals surface area contributed by atoms with E-state index in [0.717, 1.165) is 5.69 Å². The van der Waals surface area contributed by atoms with E-state index in [9.17, 15) is 10.1 Å². The molecule has 3 aromatic rings. The molecule has 0 saturated carbocycles. The van der Waals surface area contributed by atoms with E-state index in [-0.39, 0.29) is 10.6 Å². The Morgan fingerprint density at radius 3 is 2.68 bits per heavy atom. The minimum absolute atomic E-state index is 0.102. The molecule has 7 heteroatoms. The molecule has 2 aromatic carbocycles. The number of nitrogens with zero attached hydrogens (tertiary/aromatic N) is 2. The second kappa shape index (κ2) is 5.94. The zero-order valence-corrected chi connectivity index (χ0v) is 13.5. The van der Waals surface area contributed by atoms with Crippen LogP contribution in [0.5, 0.6) is 11.5 Å². The molecule has 0 fully saturated rings. The maximum atomic E-state index is 11.4. The minimum Gasteiger partial charge on any atom is -0.486 e. The normalized spacial score (nSPS) is 12.8. The molecule has 0 saturated heterocycles. The summed E-state index contributed by atoms with van der Waals surface area (Å²) >= 11 is 0. The van der Waals surface area contributed by atoms with E-state index in [1.807, 2.05) is 24.3 Å². The van der Waals surface area contributed by atoms with Crippen molar-refractivity contribution in [1.82, 2.24) is 4.98 Å². The first kappa shape index (κ1) is 15.2. The van der Waals surface area contributed by atoms with Crippen molar-refractivity contribution in [2.75, 3.05) is 18.5 Å². The predicted octanol–water partition coefficient (Wildman–Crippen LogP) is 3.97. The molecular formula is C18H15N3O4. The number of aryl methyl sites for hydroxylation is 1. The summed E-state index contributed by atoms with van der Waals surface area (Å²) in [5, 5.41) is 15.9. The van der Waals surface area contributed by atoms with Gasteiger partial charge in [0.15, 0.2) is 11.5 Å². The quantitative estimate of drug-likeness (QED) is 0.575. The molecule has 25 heavy (non-hydrogen) atoms. The van der Waals surface area contributed by atoms with E-state index in [2.05, 4.69) is 10.3 Å². The Hall–Kier alpha value is -3.35. The van der Waals surface area contributed by atoms with Crippen molar-refractivity contribution in [1.29, 1.82) is 0 Å². The van der Waals surface area contributed by atoms with Gasteiger partial charge in [-0.1, -0.05) is 6.07 Å². The number of ether oxygens (including phenoxy) is 2. The summed E-state index contributed by atoms with van der Waals surface area (Å²) in [5.74, 6) is 1.92. The van der Waals surface area contributed by atoms with Gasteiger partial charge in [0.2, 0.25) is 0 Å². The standard InChI is InChI=1S/C18H15N3O4/c1-11-2-4-14-13(17(11)21(22)23)6-7-19-18(14)20-12-3-5-15-16(10-12)25-9-8-24-15/h2-7,10H,8-9H2,1H3,(H,19,20). The molecule has 0 unspecified atom stereocenters. The lowest BCUT2D eigenvalue weighted by molar-refractivity contribution is -0.383. The summed E-state index contributed by atoms with van der Waals surface area (Å²) in [7, 11) is 0. The van der Waals surface area contributed by atoms with Crippen molar-refractivity contribution < 1.29 is 14.4 Å². The second-order valence-electron chi connectivity index (χ2n) is 5.73. The van der Waals surface area contributed by atoms with Crippen LogP contribution in [0.3, 0.4) is 0 Å². The van der Waals surface area contributed by atoms with Crippen LogP contribution in [0.25, 0.3) is 10.8 Å². The smallest absolute Gasteiger partial charge is 0.280 e.